The molecule has 160 valence electrons. The lowest BCUT2D eigenvalue weighted by Crippen LogP contribution is -1.89. The van der Waals surface area contributed by atoms with Crippen molar-refractivity contribution in [1.29, 1.82) is 0 Å². The second kappa shape index (κ2) is 11.3. The van der Waals surface area contributed by atoms with E-state index in [1.54, 1.807) is 31.2 Å². The summed E-state index contributed by atoms with van der Waals surface area (Å²) in [6, 6.07) is 17.6. The highest BCUT2D eigenvalue weighted by molar-refractivity contribution is 5.64. The lowest BCUT2D eigenvalue weighted by Gasteiger charge is -2.07. The molecule has 0 N–H and O–H groups in total. The van der Waals surface area contributed by atoms with Crippen molar-refractivity contribution in [2.75, 3.05) is 7.11 Å². The summed E-state index contributed by atoms with van der Waals surface area (Å²) in [6.07, 6.45) is 0. The summed E-state index contributed by atoms with van der Waals surface area (Å²) >= 11 is 0. The Morgan fingerprint density at radius 2 is 1.45 bits per heavy atom. The fourth-order valence-corrected chi connectivity index (χ4v) is 2.59. The number of rotatable bonds is 6. The first-order valence-electron chi connectivity index (χ1n) is 9.80. The van der Waals surface area contributed by atoms with Crippen LogP contribution in [0.5, 0.6) is 5.75 Å². The van der Waals surface area contributed by atoms with E-state index in [2.05, 4.69) is 20.5 Å². The third-order valence-corrected chi connectivity index (χ3v) is 4.12. The molecular formula is C23H25N5O3. The normalized spacial score (nSPS) is 10.7. The van der Waals surface area contributed by atoms with Gasteiger partial charge in [-0.05, 0) is 49.2 Å². The predicted octanol–water partition coefficient (Wildman–Crippen LogP) is 8.08. The maximum atomic E-state index is 11.2. The van der Waals surface area contributed by atoms with Crippen molar-refractivity contribution in [3.63, 3.8) is 0 Å². The van der Waals surface area contributed by atoms with Gasteiger partial charge >= 0.3 is 0 Å². The van der Waals surface area contributed by atoms with Crippen molar-refractivity contribution in [3.05, 3.63) is 81.9 Å². The Morgan fingerprint density at radius 1 is 0.806 bits per heavy atom. The number of aryl methyl sites for hydroxylation is 2. The number of ether oxygens (including phenoxy) is 1. The molecule has 0 fully saturated rings. The van der Waals surface area contributed by atoms with Crippen LogP contribution in [-0.4, -0.2) is 12.0 Å². The van der Waals surface area contributed by atoms with Crippen LogP contribution in [0.4, 0.5) is 28.4 Å². The number of hydrogen-bond acceptors (Lipinski definition) is 7. The van der Waals surface area contributed by atoms with Gasteiger partial charge in [-0.15, -0.1) is 15.3 Å². The van der Waals surface area contributed by atoms with Gasteiger partial charge < -0.3 is 4.74 Å². The Balaban J connectivity index is 0.00000166. The van der Waals surface area contributed by atoms with Gasteiger partial charge in [0.1, 0.15) is 11.4 Å². The molecule has 3 aromatic rings. The smallest absolute Gasteiger partial charge is 0.296 e. The van der Waals surface area contributed by atoms with Gasteiger partial charge in [0.15, 0.2) is 5.69 Å². The van der Waals surface area contributed by atoms with E-state index in [4.69, 9.17) is 4.74 Å². The highest BCUT2D eigenvalue weighted by atomic mass is 16.6. The Bertz CT molecular complexity index is 1100. The molecular weight excluding hydrogens is 394 g/mol. The summed E-state index contributed by atoms with van der Waals surface area (Å²) in [5.74, 6) is 0.475. The van der Waals surface area contributed by atoms with E-state index in [0.29, 0.717) is 17.1 Å². The minimum absolute atomic E-state index is 0.0911. The molecule has 0 saturated heterocycles. The molecule has 3 aromatic carbocycles. The van der Waals surface area contributed by atoms with Crippen LogP contribution in [0.15, 0.2) is 81.1 Å². The quantitative estimate of drug-likeness (QED) is 0.229. The van der Waals surface area contributed by atoms with Crippen LogP contribution >= 0.6 is 0 Å². The molecule has 8 heteroatoms. The maximum absolute atomic E-state index is 11.2. The summed E-state index contributed by atoms with van der Waals surface area (Å²) < 4.78 is 5.40. The molecule has 0 aliphatic rings. The van der Waals surface area contributed by atoms with Crippen LogP contribution in [0.2, 0.25) is 0 Å². The third-order valence-electron chi connectivity index (χ3n) is 4.12. The van der Waals surface area contributed by atoms with Gasteiger partial charge in [-0.1, -0.05) is 38.1 Å². The van der Waals surface area contributed by atoms with Gasteiger partial charge in [0.2, 0.25) is 0 Å². The van der Waals surface area contributed by atoms with Gasteiger partial charge in [0, 0.05) is 12.1 Å². The second-order valence-electron chi connectivity index (χ2n) is 6.30. The molecule has 0 saturated carbocycles. The van der Waals surface area contributed by atoms with E-state index in [1.807, 2.05) is 51.1 Å². The Labute approximate surface area is 181 Å². The number of nitro groups is 1. The number of benzene rings is 3. The maximum Gasteiger partial charge on any atom is 0.296 e. The number of azo groups is 2. The standard InChI is InChI=1S/C21H19N5O3.C2H6/c1-14-9-10-17(20(11-14)26(27)28)23-24-18-13-21(29-3)19(12-15(18)2)25-22-16-7-5-4-6-8-16;1-2/h4-13H,1-3H3;1-2H3. The minimum atomic E-state index is -0.470. The fraction of sp³-hybridized carbons (Fsp3) is 0.217. The van der Waals surface area contributed by atoms with E-state index in [0.717, 1.165) is 16.8 Å². The second-order valence-corrected chi connectivity index (χ2v) is 6.30. The Hall–Kier alpha value is -3.94. The van der Waals surface area contributed by atoms with Crippen molar-refractivity contribution < 1.29 is 9.66 Å². The van der Waals surface area contributed by atoms with Crippen LogP contribution < -0.4 is 4.74 Å². The van der Waals surface area contributed by atoms with E-state index in [1.165, 1.54) is 13.2 Å². The van der Waals surface area contributed by atoms with E-state index >= 15 is 0 Å². The van der Waals surface area contributed by atoms with Gasteiger partial charge in [-0.2, -0.15) is 5.11 Å². The molecule has 0 aliphatic carbocycles. The Morgan fingerprint density at radius 3 is 2.10 bits per heavy atom. The highest BCUT2D eigenvalue weighted by Gasteiger charge is 2.14. The molecule has 8 nitrogen and oxygen atoms in total. The molecule has 0 amide bonds. The van der Waals surface area contributed by atoms with Gasteiger partial charge in [0.05, 0.1) is 23.4 Å². The average molecular weight is 419 g/mol. The summed E-state index contributed by atoms with van der Waals surface area (Å²) in [5.41, 5.74) is 3.46. The molecule has 0 aliphatic heterocycles. The molecule has 31 heavy (non-hydrogen) atoms. The monoisotopic (exact) mass is 419 g/mol. The lowest BCUT2D eigenvalue weighted by atomic mass is 10.1. The summed E-state index contributed by atoms with van der Waals surface area (Å²) in [7, 11) is 1.53. The number of nitro benzene ring substituents is 1. The summed E-state index contributed by atoms with van der Waals surface area (Å²) in [6.45, 7) is 7.63. The topological polar surface area (TPSA) is 102 Å². The first kappa shape index (κ1) is 23.3. The number of hydrogen-bond donors (Lipinski definition) is 0. The first-order chi connectivity index (χ1) is 15.0. The predicted molar refractivity (Wildman–Crippen MR) is 122 cm³/mol. The molecule has 0 radical (unpaired) electrons. The van der Waals surface area contributed by atoms with Crippen molar-refractivity contribution >= 4 is 28.4 Å². The van der Waals surface area contributed by atoms with Gasteiger partial charge in [-0.3, -0.25) is 10.1 Å². The van der Waals surface area contributed by atoms with Crippen LogP contribution in [0.25, 0.3) is 0 Å². The van der Waals surface area contributed by atoms with E-state index in [-0.39, 0.29) is 11.4 Å². The van der Waals surface area contributed by atoms with E-state index < -0.39 is 4.92 Å². The number of methoxy groups -OCH3 is 1. The van der Waals surface area contributed by atoms with Crippen LogP contribution in [0.1, 0.15) is 25.0 Å². The molecule has 3 rings (SSSR count). The first-order valence-corrected chi connectivity index (χ1v) is 9.80. The van der Waals surface area contributed by atoms with Crippen LogP contribution in [0.3, 0.4) is 0 Å². The molecule has 0 aromatic heterocycles. The van der Waals surface area contributed by atoms with Gasteiger partial charge in [-0.25, -0.2) is 0 Å². The van der Waals surface area contributed by atoms with Crippen LogP contribution in [-0.2, 0) is 0 Å². The lowest BCUT2D eigenvalue weighted by molar-refractivity contribution is -0.384. The summed E-state index contributed by atoms with van der Waals surface area (Å²) in [5, 5.41) is 28.0. The van der Waals surface area contributed by atoms with Crippen molar-refractivity contribution in [1.82, 2.24) is 0 Å². The largest absolute Gasteiger partial charge is 0.494 e. The molecule has 0 atom stereocenters. The van der Waals surface area contributed by atoms with Crippen LogP contribution in [0, 0.1) is 24.0 Å². The van der Waals surface area contributed by atoms with E-state index in [9.17, 15) is 10.1 Å². The number of nitrogens with zero attached hydrogens (tertiary/aromatic N) is 5. The Kier molecular flexibility index (Phi) is 8.51. The molecule has 0 bridgehead atoms. The third kappa shape index (κ3) is 6.27. The summed E-state index contributed by atoms with van der Waals surface area (Å²) in [4.78, 5) is 10.8. The molecule has 0 heterocycles. The average Bonchev–Trinajstić information content (AvgIpc) is 2.79. The van der Waals surface area contributed by atoms with Crippen molar-refractivity contribution in [2.45, 2.75) is 27.7 Å². The zero-order valence-corrected chi connectivity index (χ0v) is 18.2. The molecule has 0 unspecified atom stereocenters. The SMILES string of the molecule is CC.COc1cc(N=Nc2ccc(C)cc2[N+](=O)[O-])c(C)cc1N=Nc1ccccc1. The zero-order valence-electron chi connectivity index (χ0n) is 18.2. The minimum Gasteiger partial charge on any atom is -0.494 e. The zero-order chi connectivity index (χ0) is 22.8. The van der Waals surface area contributed by atoms with Crippen molar-refractivity contribution in [3.8, 4) is 5.75 Å². The fourth-order valence-electron chi connectivity index (χ4n) is 2.59. The molecule has 0 spiro atoms. The van der Waals surface area contributed by atoms with Crippen molar-refractivity contribution in [2.24, 2.45) is 20.5 Å². The van der Waals surface area contributed by atoms with Gasteiger partial charge in [0.25, 0.3) is 5.69 Å². The highest BCUT2D eigenvalue weighted by Crippen LogP contribution is 2.37.